The van der Waals surface area contributed by atoms with Crippen LogP contribution < -0.4 is 14.8 Å². The summed E-state index contributed by atoms with van der Waals surface area (Å²) in [5.74, 6) is 0. The van der Waals surface area contributed by atoms with Gasteiger partial charge >= 0.3 is 0 Å². The molecular weight excluding hydrogens is 258 g/mol. The average molecular weight is 267 g/mol. The van der Waals surface area contributed by atoms with E-state index in [1.54, 1.807) is 30.0 Å². The minimum absolute atomic E-state index is 0.774. The molecule has 0 saturated carbocycles. The molecule has 0 saturated heterocycles. The number of hydrogen-bond donors (Lipinski definition) is 1. The summed E-state index contributed by atoms with van der Waals surface area (Å²) >= 11 is 1.66. The Morgan fingerprint density at radius 1 is 1.21 bits per heavy atom. The van der Waals surface area contributed by atoms with Crippen molar-refractivity contribution < 1.29 is 5.21 Å². The Hall–Kier alpha value is -2.24. The van der Waals surface area contributed by atoms with E-state index in [0.717, 1.165) is 36.3 Å². The highest BCUT2D eigenvalue weighted by Gasteiger charge is 2.14. The lowest BCUT2D eigenvalue weighted by molar-refractivity contribution is 0.295. The van der Waals surface area contributed by atoms with Crippen LogP contribution in [0, 0.1) is 0 Å². The van der Waals surface area contributed by atoms with Gasteiger partial charge in [-0.3, -0.25) is 15.2 Å². The van der Waals surface area contributed by atoms with Gasteiger partial charge < -0.3 is 0 Å². The molecule has 2 aliphatic rings. The molecule has 1 aromatic carbocycles. The second-order valence-corrected chi connectivity index (χ2v) is 5.33. The molecule has 0 amide bonds. The van der Waals surface area contributed by atoms with E-state index in [2.05, 4.69) is 9.98 Å². The van der Waals surface area contributed by atoms with Crippen LogP contribution in [0.25, 0.3) is 22.4 Å². The fraction of sp³-hybridized carbons (Fsp3) is 0. The molecule has 0 aliphatic carbocycles. The Morgan fingerprint density at radius 2 is 2.16 bits per heavy atom. The highest BCUT2D eigenvalue weighted by Crippen LogP contribution is 2.28. The molecule has 2 aromatic rings. The number of thiophene rings is 1. The maximum absolute atomic E-state index is 9.88. The van der Waals surface area contributed by atoms with Crippen molar-refractivity contribution in [2.45, 2.75) is 0 Å². The zero-order valence-electron chi connectivity index (χ0n) is 9.82. The fourth-order valence-corrected chi connectivity index (χ4v) is 3.40. The van der Waals surface area contributed by atoms with Crippen LogP contribution in [-0.4, -0.2) is 17.6 Å². The van der Waals surface area contributed by atoms with Gasteiger partial charge in [0.15, 0.2) is 0 Å². The fourth-order valence-electron chi connectivity index (χ4n) is 2.35. The molecule has 92 valence electrons. The molecule has 4 nitrogen and oxygen atoms in total. The molecule has 19 heavy (non-hydrogen) atoms. The summed E-state index contributed by atoms with van der Waals surface area (Å²) in [7, 11) is 0. The van der Waals surface area contributed by atoms with E-state index >= 15 is 0 Å². The van der Waals surface area contributed by atoms with Crippen molar-refractivity contribution >= 4 is 57.5 Å². The minimum Gasteiger partial charge on any atom is -0.284 e. The van der Waals surface area contributed by atoms with Crippen molar-refractivity contribution in [2.24, 2.45) is 9.98 Å². The quantitative estimate of drug-likeness (QED) is 0.793. The number of fused-ring (bicyclic) bond motifs is 5. The molecular formula is C14H9N3OS. The van der Waals surface area contributed by atoms with Crippen molar-refractivity contribution in [3.8, 4) is 0 Å². The monoisotopic (exact) mass is 267 g/mol. The third-order valence-corrected chi connectivity index (χ3v) is 4.24. The van der Waals surface area contributed by atoms with Crippen LogP contribution >= 0.6 is 11.3 Å². The molecule has 1 aromatic heterocycles. The third-order valence-electron chi connectivity index (χ3n) is 3.16. The lowest BCUT2D eigenvalue weighted by Gasteiger charge is -2.16. The average Bonchev–Trinajstić information content (AvgIpc) is 2.62. The SMILES string of the molecule is ON1C=CC=c2c1ccc1sc3c(c21)N=CC=NC=3. The molecule has 0 fully saturated rings. The molecule has 0 radical (unpaired) electrons. The number of benzene rings is 1. The Labute approximate surface area is 112 Å². The van der Waals surface area contributed by atoms with Crippen LogP contribution in [0.5, 0.6) is 0 Å². The number of nitrogens with zero attached hydrogens (tertiary/aromatic N) is 3. The lowest BCUT2D eigenvalue weighted by Crippen LogP contribution is -2.21. The Kier molecular flexibility index (Phi) is 2.18. The largest absolute Gasteiger partial charge is 0.284 e. The first-order chi connectivity index (χ1) is 9.34. The first-order valence-electron chi connectivity index (χ1n) is 5.83. The van der Waals surface area contributed by atoms with Gasteiger partial charge in [0.1, 0.15) is 0 Å². The maximum Gasteiger partial charge on any atom is 0.0911 e. The van der Waals surface area contributed by atoms with Gasteiger partial charge in [-0.25, -0.2) is 5.06 Å². The van der Waals surface area contributed by atoms with Crippen LogP contribution in [0.1, 0.15) is 0 Å². The zero-order valence-corrected chi connectivity index (χ0v) is 10.6. The van der Waals surface area contributed by atoms with Crippen molar-refractivity contribution in [3.05, 3.63) is 34.2 Å². The van der Waals surface area contributed by atoms with Crippen LogP contribution in [0.3, 0.4) is 0 Å². The number of hydroxylamine groups is 1. The zero-order chi connectivity index (χ0) is 12.8. The number of aliphatic imine (C=N–C) groups is 2. The third kappa shape index (κ3) is 1.49. The summed E-state index contributed by atoms with van der Waals surface area (Å²) in [5, 5.41) is 13.1. The number of rotatable bonds is 0. The molecule has 0 spiro atoms. The molecule has 2 aliphatic heterocycles. The summed E-state index contributed by atoms with van der Waals surface area (Å²) < 4.78 is 2.19. The Bertz CT molecular complexity index is 890. The number of hydrogen-bond acceptors (Lipinski definition) is 5. The van der Waals surface area contributed by atoms with Gasteiger partial charge in [0.2, 0.25) is 0 Å². The van der Waals surface area contributed by atoms with Crippen molar-refractivity contribution in [3.63, 3.8) is 0 Å². The van der Waals surface area contributed by atoms with Crippen molar-refractivity contribution in [2.75, 3.05) is 5.06 Å². The van der Waals surface area contributed by atoms with E-state index in [1.807, 2.05) is 30.5 Å². The Balaban J connectivity index is 2.23. The first-order valence-corrected chi connectivity index (χ1v) is 6.64. The number of allylic oxidation sites excluding steroid dienone is 1. The molecule has 3 heterocycles. The minimum atomic E-state index is 0.774. The van der Waals surface area contributed by atoms with Gasteiger partial charge in [-0.1, -0.05) is 6.08 Å². The summed E-state index contributed by atoms with van der Waals surface area (Å²) in [4.78, 5) is 8.63. The molecule has 0 unspecified atom stereocenters. The van der Waals surface area contributed by atoms with Crippen LogP contribution in [0.2, 0.25) is 0 Å². The molecule has 0 atom stereocenters. The Morgan fingerprint density at radius 3 is 3.11 bits per heavy atom. The smallest absolute Gasteiger partial charge is 0.0911 e. The van der Waals surface area contributed by atoms with Gasteiger partial charge in [0.25, 0.3) is 0 Å². The highest BCUT2D eigenvalue weighted by molar-refractivity contribution is 7.17. The predicted octanol–water partition coefficient (Wildman–Crippen LogP) is 1.93. The molecule has 0 bridgehead atoms. The lowest BCUT2D eigenvalue weighted by atomic mass is 10.1. The van der Waals surface area contributed by atoms with Crippen molar-refractivity contribution in [1.29, 1.82) is 0 Å². The van der Waals surface area contributed by atoms with Gasteiger partial charge in [-0.2, -0.15) is 0 Å². The van der Waals surface area contributed by atoms with E-state index in [1.165, 1.54) is 0 Å². The predicted molar refractivity (Wildman–Crippen MR) is 80.1 cm³/mol. The molecule has 1 N–H and O–H groups in total. The van der Waals surface area contributed by atoms with Gasteiger partial charge in [-0.15, -0.1) is 11.3 Å². The van der Waals surface area contributed by atoms with E-state index < -0.39 is 0 Å². The van der Waals surface area contributed by atoms with Crippen molar-refractivity contribution in [1.82, 2.24) is 0 Å². The van der Waals surface area contributed by atoms with Gasteiger partial charge in [0, 0.05) is 40.1 Å². The first kappa shape index (κ1) is 10.7. The van der Waals surface area contributed by atoms with Crippen LogP contribution in [0.15, 0.2) is 34.4 Å². The molecule has 4 rings (SSSR count). The van der Waals surface area contributed by atoms with E-state index in [4.69, 9.17) is 0 Å². The standard InChI is InChI=1S/C14H9N3OS/c18-17-7-1-2-9-10(17)3-4-11-13(9)14-12(19-11)8-15-5-6-16-14/h1-8,18H. The normalized spacial score (nSPS) is 15.7. The highest BCUT2D eigenvalue weighted by atomic mass is 32.1. The summed E-state index contributed by atoms with van der Waals surface area (Å²) in [6.07, 6.45) is 10.6. The van der Waals surface area contributed by atoms with E-state index in [9.17, 15) is 5.21 Å². The van der Waals surface area contributed by atoms with Gasteiger partial charge in [-0.05, 0) is 18.2 Å². The topological polar surface area (TPSA) is 48.2 Å². The van der Waals surface area contributed by atoms with Crippen LogP contribution in [-0.2, 0) is 0 Å². The van der Waals surface area contributed by atoms with Crippen LogP contribution in [0.4, 0.5) is 11.4 Å². The molecule has 5 heteroatoms. The summed E-state index contributed by atoms with van der Waals surface area (Å²) in [5.41, 5.74) is 1.70. The summed E-state index contributed by atoms with van der Waals surface area (Å²) in [6.45, 7) is 0. The maximum atomic E-state index is 9.88. The number of anilines is 1. The van der Waals surface area contributed by atoms with E-state index in [0.29, 0.717) is 0 Å². The van der Waals surface area contributed by atoms with Gasteiger partial charge in [0.05, 0.1) is 15.9 Å². The second kappa shape index (κ2) is 3.88. The summed E-state index contributed by atoms with van der Waals surface area (Å²) in [6, 6.07) is 3.93. The van der Waals surface area contributed by atoms with E-state index in [-0.39, 0.29) is 0 Å². The second-order valence-electron chi connectivity index (χ2n) is 4.24.